The first kappa shape index (κ1) is 15.8. The van der Waals surface area contributed by atoms with Crippen LogP contribution >= 0.6 is 22.9 Å². The molecular weight excluding hydrogens is 342 g/mol. The second kappa shape index (κ2) is 5.67. The summed E-state index contributed by atoms with van der Waals surface area (Å²) in [4.78, 5) is 14.0. The van der Waals surface area contributed by atoms with Crippen LogP contribution < -0.4 is 0 Å². The van der Waals surface area contributed by atoms with Crippen LogP contribution in [0.1, 0.15) is 11.6 Å². The fraction of sp³-hybridized carbons (Fsp3) is 0.333. The zero-order valence-corrected chi connectivity index (χ0v) is 13.3. The van der Waals surface area contributed by atoms with Gasteiger partial charge >= 0.3 is 0 Å². The number of thiophene rings is 1. The molecule has 21 heavy (non-hydrogen) atoms. The van der Waals surface area contributed by atoms with Crippen LogP contribution in [0.2, 0.25) is 4.34 Å². The van der Waals surface area contributed by atoms with Crippen molar-refractivity contribution in [2.45, 2.75) is 17.7 Å². The maximum absolute atomic E-state index is 12.3. The Hall–Kier alpha value is -1.56. The highest BCUT2D eigenvalue weighted by molar-refractivity contribution is 7.91. The number of nitrogens with zero attached hydrogens (tertiary/aromatic N) is 4. The van der Waals surface area contributed by atoms with E-state index in [0.717, 1.165) is 10.4 Å². The van der Waals surface area contributed by atoms with Crippen molar-refractivity contribution in [2.75, 3.05) is 7.05 Å². The zero-order chi connectivity index (χ0) is 15.8. The molecule has 2 heterocycles. The number of aromatic nitrogens is 3. The molecule has 0 radical (unpaired) electrons. The molecular formula is C9H10ClN5O4S2. The summed E-state index contributed by atoms with van der Waals surface area (Å²) < 4.78 is 25.3. The van der Waals surface area contributed by atoms with E-state index in [1.165, 1.54) is 7.05 Å². The number of H-pyrrole nitrogens is 1. The second-order valence-electron chi connectivity index (χ2n) is 4.08. The highest BCUT2D eigenvalue weighted by Crippen LogP contribution is 2.37. The molecule has 0 saturated carbocycles. The molecule has 0 atom stereocenters. The summed E-state index contributed by atoms with van der Waals surface area (Å²) in [5.74, 6) is 0.862. The van der Waals surface area contributed by atoms with E-state index in [-0.39, 0.29) is 15.1 Å². The molecule has 9 nitrogen and oxygen atoms in total. The first-order valence-electron chi connectivity index (χ1n) is 5.49. The predicted octanol–water partition coefficient (Wildman–Crippen LogP) is 1.56. The number of aromatic amines is 1. The fourth-order valence-electron chi connectivity index (χ4n) is 1.49. The van der Waals surface area contributed by atoms with Crippen molar-refractivity contribution in [1.29, 1.82) is 0 Å². The maximum atomic E-state index is 12.3. The summed E-state index contributed by atoms with van der Waals surface area (Å²) in [7, 11) is -2.56. The number of aryl methyl sites for hydroxylation is 1. The van der Waals surface area contributed by atoms with Gasteiger partial charge in [0, 0.05) is 13.1 Å². The van der Waals surface area contributed by atoms with Crippen molar-refractivity contribution in [2.24, 2.45) is 0 Å². The van der Waals surface area contributed by atoms with Gasteiger partial charge in [0.25, 0.3) is 15.7 Å². The minimum absolute atomic E-state index is 0.0595. The lowest BCUT2D eigenvalue weighted by atomic mass is 10.6. The lowest BCUT2D eigenvalue weighted by Crippen LogP contribution is -2.26. The van der Waals surface area contributed by atoms with Crippen molar-refractivity contribution >= 4 is 38.6 Å². The Balaban J connectivity index is 2.28. The zero-order valence-electron chi connectivity index (χ0n) is 10.9. The third-order valence-corrected chi connectivity index (χ3v) is 6.11. The van der Waals surface area contributed by atoms with Gasteiger partial charge in [-0.3, -0.25) is 15.2 Å². The maximum Gasteiger partial charge on any atom is 0.300 e. The van der Waals surface area contributed by atoms with Gasteiger partial charge in [-0.1, -0.05) is 11.6 Å². The van der Waals surface area contributed by atoms with E-state index in [1.807, 2.05) is 0 Å². The van der Waals surface area contributed by atoms with E-state index >= 15 is 0 Å². The molecule has 0 unspecified atom stereocenters. The van der Waals surface area contributed by atoms with Crippen LogP contribution in [0, 0.1) is 17.0 Å². The molecule has 1 N–H and O–H groups in total. The van der Waals surface area contributed by atoms with Crippen molar-refractivity contribution in [3.05, 3.63) is 32.2 Å². The average molecular weight is 352 g/mol. The van der Waals surface area contributed by atoms with Gasteiger partial charge in [0.15, 0.2) is 10.2 Å². The Labute approximate surface area is 128 Å². The predicted molar refractivity (Wildman–Crippen MR) is 75.8 cm³/mol. The molecule has 0 bridgehead atoms. The highest BCUT2D eigenvalue weighted by Gasteiger charge is 2.29. The molecule has 12 heteroatoms. The number of sulfonamides is 1. The first-order chi connectivity index (χ1) is 9.71. The van der Waals surface area contributed by atoms with E-state index < -0.39 is 20.6 Å². The quantitative estimate of drug-likeness (QED) is 0.644. The van der Waals surface area contributed by atoms with Crippen LogP contribution in [0.4, 0.5) is 5.69 Å². The van der Waals surface area contributed by atoms with Gasteiger partial charge in [-0.15, -0.1) is 11.3 Å². The lowest BCUT2D eigenvalue weighted by molar-refractivity contribution is -0.384. The molecule has 0 aliphatic heterocycles. The largest absolute Gasteiger partial charge is 0.300 e. The van der Waals surface area contributed by atoms with Crippen LogP contribution in [0.15, 0.2) is 10.3 Å². The van der Waals surface area contributed by atoms with Crippen LogP contribution in [-0.2, 0) is 16.6 Å². The average Bonchev–Trinajstić information content (AvgIpc) is 2.95. The number of nitro groups is 1. The van der Waals surface area contributed by atoms with E-state index in [1.54, 1.807) is 6.92 Å². The third kappa shape index (κ3) is 3.20. The van der Waals surface area contributed by atoms with E-state index in [9.17, 15) is 18.5 Å². The Morgan fingerprint density at radius 2 is 2.24 bits per heavy atom. The van der Waals surface area contributed by atoms with Crippen LogP contribution in [-0.4, -0.2) is 39.9 Å². The van der Waals surface area contributed by atoms with Gasteiger partial charge in [0.1, 0.15) is 10.0 Å². The van der Waals surface area contributed by atoms with E-state index in [2.05, 4.69) is 15.2 Å². The normalized spacial score (nSPS) is 12.0. The summed E-state index contributed by atoms with van der Waals surface area (Å²) in [6.07, 6.45) is 0. The Morgan fingerprint density at radius 3 is 2.71 bits per heavy atom. The number of rotatable bonds is 5. The monoisotopic (exact) mass is 351 g/mol. The van der Waals surface area contributed by atoms with Gasteiger partial charge in [0.2, 0.25) is 0 Å². The molecule has 114 valence electrons. The minimum atomic E-state index is -3.89. The van der Waals surface area contributed by atoms with Crippen LogP contribution in [0.25, 0.3) is 0 Å². The number of hydrogen-bond donors (Lipinski definition) is 1. The third-order valence-electron chi connectivity index (χ3n) is 2.52. The van der Waals surface area contributed by atoms with Gasteiger partial charge in [-0.25, -0.2) is 13.4 Å². The van der Waals surface area contributed by atoms with E-state index in [0.29, 0.717) is 23.0 Å². The summed E-state index contributed by atoms with van der Waals surface area (Å²) >= 11 is 6.32. The summed E-state index contributed by atoms with van der Waals surface area (Å²) in [5.41, 5.74) is -0.428. The minimum Gasteiger partial charge on any atom is -0.263 e. The molecule has 0 aliphatic rings. The molecule has 2 aromatic rings. The molecule has 2 aromatic heterocycles. The molecule has 0 saturated heterocycles. The van der Waals surface area contributed by atoms with Gasteiger partial charge < -0.3 is 0 Å². The van der Waals surface area contributed by atoms with Gasteiger partial charge in [0.05, 0.1) is 11.5 Å². The fourth-order valence-corrected chi connectivity index (χ4v) is 4.49. The summed E-state index contributed by atoms with van der Waals surface area (Å²) in [6.45, 7) is 1.63. The second-order valence-corrected chi connectivity index (χ2v) is 8.01. The lowest BCUT2D eigenvalue weighted by Gasteiger charge is -2.13. The van der Waals surface area contributed by atoms with Crippen molar-refractivity contribution in [3.8, 4) is 0 Å². The summed E-state index contributed by atoms with van der Waals surface area (Å²) in [6, 6.07) is 0.946. The van der Waals surface area contributed by atoms with E-state index in [4.69, 9.17) is 11.6 Å². The topological polar surface area (TPSA) is 122 Å². The molecule has 0 aliphatic carbocycles. The van der Waals surface area contributed by atoms with Crippen LogP contribution in [0.3, 0.4) is 0 Å². The van der Waals surface area contributed by atoms with Gasteiger partial charge in [-0.2, -0.15) is 9.40 Å². The van der Waals surface area contributed by atoms with Gasteiger partial charge in [-0.05, 0) is 6.92 Å². The molecule has 0 amide bonds. The highest BCUT2D eigenvalue weighted by atomic mass is 35.5. The SMILES string of the molecule is Cc1nc(CN(C)S(=O)(=O)c2cc([N+](=O)[O-])c(Cl)s2)n[nH]1. The molecule has 0 aromatic carbocycles. The van der Waals surface area contributed by atoms with Crippen molar-refractivity contribution in [3.63, 3.8) is 0 Å². The molecule has 2 rings (SSSR count). The number of nitrogens with one attached hydrogen (secondary N) is 1. The Bertz CT molecular complexity index is 784. The Kier molecular flexibility index (Phi) is 4.27. The van der Waals surface area contributed by atoms with Crippen molar-refractivity contribution in [1.82, 2.24) is 19.5 Å². The molecule has 0 spiro atoms. The van der Waals surface area contributed by atoms with Crippen molar-refractivity contribution < 1.29 is 13.3 Å². The first-order valence-corrected chi connectivity index (χ1v) is 8.13. The number of hydrogen-bond acceptors (Lipinski definition) is 7. The Morgan fingerprint density at radius 1 is 1.57 bits per heavy atom. The summed E-state index contributed by atoms with van der Waals surface area (Å²) in [5, 5.41) is 17.2. The van der Waals surface area contributed by atoms with Crippen LogP contribution in [0.5, 0.6) is 0 Å². The smallest absolute Gasteiger partial charge is 0.263 e. The number of halogens is 1. The standard InChI is InChI=1S/C9H10ClN5O4S2/c1-5-11-7(13-12-5)4-14(2)21(18,19)8-3-6(15(16)17)9(10)20-8/h3H,4H2,1-2H3,(H,11,12,13). The molecule has 0 fully saturated rings.